The monoisotopic (exact) mass is 289 g/mol. The van der Waals surface area contributed by atoms with Crippen LogP contribution < -0.4 is 0 Å². The molecule has 0 atom stereocenters. The van der Waals surface area contributed by atoms with Crippen LogP contribution in [0.2, 0.25) is 0 Å². The first-order valence-corrected chi connectivity index (χ1v) is 6.91. The quantitative estimate of drug-likeness (QED) is 0.855. The molecule has 1 aromatic heterocycles. The van der Waals surface area contributed by atoms with Gasteiger partial charge in [0.1, 0.15) is 5.75 Å². The van der Waals surface area contributed by atoms with Crippen molar-refractivity contribution < 1.29 is 14.6 Å². The molecule has 6 heteroatoms. The lowest BCUT2D eigenvalue weighted by Crippen LogP contribution is -2.12. The first-order chi connectivity index (χ1) is 10.0. The molecule has 6 nitrogen and oxygen atoms in total. The molecular formula is C15H19N3O3. The van der Waals surface area contributed by atoms with Gasteiger partial charge in [0.2, 0.25) is 0 Å². The Morgan fingerprint density at radius 3 is 2.81 bits per heavy atom. The Labute approximate surface area is 123 Å². The molecule has 0 unspecified atom stereocenters. The molecule has 0 radical (unpaired) electrons. The van der Waals surface area contributed by atoms with Crippen LogP contribution >= 0.6 is 0 Å². The molecule has 2 rings (SSSR count). The van der Waals surface area contributed by atoms with E-state index in [1.165, 1.54) is 0 Å². The third-order valence-electron chi connectivity index (χ3n) is 3.03. The molecule has 1 aromatic carbocycles. The average Bonchev–Trinajstić information content (AvgIpc) is 2.83. The van der Waals surface area contributed by atoms with Crippen molar-refractivity contribution in [2.45, 2.75) is 33.2 Å². The number of ether oxygens (including phenoxy) is 1. The highest BCUT2D eigenvalue weighted by atomic mass is 16.5. The summed E-state index contributed by atoms with van der Waals surface area (Å²) in [5.74, 6) is -0.176. The largest absolute Gasteiger partial charge is 0.508 e. The summed E-state index contributed by atoms with van der Waals surface area (Å²) in [7, 11) is 0. The predicted octanol–water partition coefficient (Wildman–Crippen LogP) is 2.33. The zero-order valence-electron chi connectivity index (χ0n) is 12.4. The van der Waals surface area contributed by atoms with Crippen molar-refractivity contribution in [2.24, 2.45) is 0 Å². The van der Waals surface area contributed by atoms with Gasteiger partial charge in [0.15, 0.2) is 5.69 Å². The topological polar surface area (TPSA) is 77.2 Å². The fourth-order valence-corrected chi connectivity index (χ4v) is 2.18. The van der Waals surface area contributed by atoms with Gasteiger partial charge < -0.3 is 9.84 Å². The highest BCUT2D eigenvalue weighted by Gasteiger charge is 2.23. The van der Waals surface area contributed by atoms with Gasteiger partial charge in [0, 0.05) is 0 Å². The second-order valence-electron chi connectivity index (χ2n) is 5.03. The van der Waals surface area contributed by atoms with Crippen molar-refractivity contribution in [3.63, 3.8) is 0 Å². The SMILES string of the molecule is CCOC(=O)c1nnn(Cc2cccc(O)c2)c1C(C)C. The Balaban J connectivity index is 2.34. The van der Waals surface area contributed by atoms with Gasteiger partial charge in [-0.1, -0.05) is 31.2 Å². The van der Waals surface area contributed by atoms with Crippen LogP contribution in [0.5, 0.6) is 5.75 Å². The van der Waals surface area contributed by atoms with E-state index >= 15 is 0 Å². The predicted molar refractivity (Wildman–Crippen MR) is 77.3 cm³/mol. The van der Waals surface area contributed by atoms with Gasteiger partial charge in [0.05, 0.1) is 18.8 Å². The van der Waals surface area contributed by atoms with E-state index in [-0.39, 0.29) is 17.4 Å². The molecule has 0 aliphatic rings. The number of hydrogen-bond acceptors (Lipinski definition) is 5. The van der Waals surface area contributed by atoms with E-state index < -0.39 is 5.97 Å². The molecule has 2 aromatic rings. The van der Waals surface area contributed by atoms with E-state index in [1.807, 2.05) is 19.9 Å². The van der Waals surface area contributed by atoms with Crippen LogP contribution in [0.25, 0.3) is 0 Å². The van der Waals surface area contributed by atoms with Crippen molar-refractivity contribution in [2.75, 3.05) is 6.61 Å². The molecule has 21 heavy (non-hydrogen) atoms. The Hall–Kier alpha value is -2.37. The van der Waals surface area contributed by atoms with Crippen LogP contribution in [0.4, 0.5) is 0 Å². The van der Waals surface area contributed by atoms with Gasteiger partial charge in [-0.15, -0.1) is 5.10 Å². The first-order valence-electron chi connectivity index (χ1n) is 6.91. The molecule has 0 aliphatic carbocycles. The number of hydrogen-bond donors (Lipinski definition) is 1. The number of benzene rings is 1. The molecule has 1 heterocycles. The zero-order valence-corrected chi connectivity index (χ0v) is 12.4. The number of carbonyl (C=O) groups is 1. The highest BCUT2D eigenvalue weighted by molar-refractivity contribution is 5.88. The molecule has 0 spiro atoms. The summed E-state index contributed by atoms with van der Waals surface area (Å²) in [6.07, 6.45) is 0. The summed E-state index contributed by atoms with van der Waals surface area (Å²) >= 11 is 0. The minimum Gasteiger partial charge on any atom is -0.508 e. The molecule has 1 N–H and O–H groups in total. The summed E-state index contributed by atoms with van der Waals surface area (Å²) in [6.45, 7) is 6.44. The zero-order chi connectivity index (χ0) is 15.4. The minimum absolute atomic E-state index is 0.0803. The molecule has 0 saturated carbocycles. The Bertz CT molecular complexity index is 635. The number of carbonyl (C=O) groups excluding carboxylic acids is 1. The van der Waals surface area contributed by atoms with Gasteiger partial charge >= 0.3 is 5.97 Å². The molecular weight excluding hydrogens is 270 g/mol. The van der Waals surface area contributed by atoms with Crippen LogP contribution in [-0.2, 0) is 11.3 Å². The number of aromatic nitrogens is 3. The number of nitrogens with zero attached hydrogens (tertiary/aromatic N) is 3. The smallest absolute Gasteiger partial charge is 0.360 e. The van der Waals surface area contributed by atoms with E-state index in [9.17, 15) is 9.90 Å². The normalized spacial score (nSPS) is 10.9. The summed E-state index contributed by atoms with van der Waals surface area (Å²) in [5.41, 5.74) is 1.88. The standard InChI is InChI=1S/C15H19N3O3/c1-4-21-15(20)13-14(10(2)3)18(17-16-13)9-11-6-5-7-12(19)8-11/h5-8,10,19H,4,9H2,1-3H3. The van der Waals surface area contributed by atoms with Gasteiger partial charge in [-0.3, -0.25) is 0 Å². The third-order valence-corrected chi connectivity index (χ3v) is 3.03. The highest BCUT2D eigenvalue weighted by Crippen LogP contribution is 2.20. The fourth-order valence-electron chi connectivity index (χ4n) is 2.18. The van der Waals surface area contributed by atoms with Crippen LogP contribution in [0.3, 0.4) is 0 Å². The lowest BCUT2D eigenvalue weighted by atomic mass is 10.1. The van der Waals surface area contributed by atoms with Gasteiger partial charge in [-0.25, -0.2) is 9.48 Å². The van der Waals surface area contributed by atoms with Crippen LogP contribution in [-0.4, -0.2) is 32.7 Å². The first kappa shape index (κ1) is 15.0. The van der Waals surface area contributed by atoms with Crippen molar-refractivity contribution >= 4 is 5.97 Å². The lowest BCUT2D eigenvalue weighted by molar-refractivity contribution is 0.0517. The van der Waals surface area contributed by atoms with E-state index in [0.717, 1.165) is 11.3 Å². The van der Waals surface area contributed by atoms with Gasteiger partial charge in [-0.2, -0.15) is 0 Å². The number of aromatic hydroxyl groups is 1. The second-order valence-corrected chi connectivity index (χ2v) is 5.03. The van der Waals surface area contributed by atoms with Gasteiger partial charge in [-0.05, 0) is 30.5 Å². The molecule has 0 fully saturated rings. The summed E-state index contributed by atoms with van der Waals surface area (Å²) in [6, 6.07) is 6.92. The maximum atomic E-state index is 11.9. The molecule has 0 amide bonds. The number of esters is 1. The van der Waals surface area contributed by atoms with Crippen molar-refractivity contribution in [3.8, 4) is 5.75 Å². The van der Waals surface area contributed by atoms with Gasteiger partial charge in [0.25, 0.3) is 0 Å². The average molecular weight is 289 g/mol. The molecule has 0 aliphatic heterocycles. The van der Waals surface area contributed by atoms with Crippen LogP contribution in [0.15, 0.2) is 24.3 Å². The van der Waals surface area contributed by atoms with Crippen LogP contribution in [0, 0.1) is 0 Å². The van der Waals surface area contributed by atoms with E-state index in [0.29, 0.717) is 13.2 Å². The summed E-state index contributed by atoms with van der Waals surface area (Å²) in [4.78, 5) is 11.9. The van der Waals surface area contributed by atoms with Crippen molar-refractivity contribution in [3.05, 3.63) is 41.2 Å². The van der Waals surface area contributed by atoms with Crippen LogP contribution in [0.1, 0.15) is 48.4 Å². The molecule has 0 bridgehead atoms. The fraction of sp³-hybridized carbons (Fsp3) is 0.400. The third kappa shape index (κ3) is 3.39. The molecule has 112 valence electrons. The number of phenolic OH excluding ortho intramolecular Hbond substituents is 1. The second kappa shape index (κ2) is 6.39. The van der Waals surface area contributed by atoms with E-state index in [4.69, 9.17) is 4.74 Å². The van der Waals surface area contributed by atoms with E-state index in [2.05, 4.69) is 10.3 Å². The Morgan fingerprint density at radius 1 is 1.43 bits per heavy atom. The summed E-state index contributed by atoms with van der Waals surface area (Å²) < 4.78 is 6.68. The maximum absolute atomic E-state index is 11.9. The Kier molecular flexibility index (Phi) is 4.57. The minimum atomic E-state index is -0.455. The Morgan fingerprint density at radius 2 is 2.19 bits per heavy atom. The lowest BCUT2D eigenvalue weighted by Gasteiger charge is -2.11. The van der Waals surface area contributed by atoms with E-state index in [1.54, 1.807) is 29.8 Å². The maximum Gasteiger partial charge on any atom is 0.360 e. The van der Waals surface area contributed by atoms with Crippen molar-refractivity contribution in [1.29, 1.82) is 0 Å². The number of rotatable bonds is 5. The van der Waals surface area contributed by atoms with Crippen molar-refractivity contribution in [1.82, 2.24) is 15.0 Å². The molecule has 0 saturated heterocycles. The number of phenols is 1. The summed E-state index contributed by atoms with van der Waals surface area (Å²) in [5, 5.41) is 17.5.